The highest BCUT2D eigenvalue weighted by atomic mass is 16.5. The molecule has 2 atom stereocenters. The van der Waals surface area contributed by atoms with Crippen LogP contribution in [0, 0.1) is 0 Å². The third-order valence-corrected chi connectivity index (χ3v) is 18.4. The van der Waals surface area contributed by atoms with Crippen LogP contribution >= 0.6 is 0 Å². The van der Waals surface area contributed by atoms with E-state index in [1.165, 1.54) is 379 Å². The fraction of sp³-hybridized carbons (Fsp3) is 0.974. The number of carbonyl (C=O) groups excluding carboxylic acids is 2. The Labute approximate surface area is 515 Å². The number of aliphatic hydroxyl groups excluding tert-OH is 2. The van der Waals surface area contributed by atoms with Crippen LogP contribution in [0.2, 0.25) is 0 Å². The van der Waals surface area contributed by atoms with Gasteiger partial charge in [0.05, 0.1) is 25.4 Å². The van der Waals surface area contributed by atoms with Gasteiger partial charge < -0.3 is 20.3 Å². The van der Waals surface area contributed by atoms with Crippen LogP contribution in [0.25, 0.3) is 0 Å². The first-order valence-electron chi connectivity index (χ1n) is 38.3. The van der Waals surface area contributed by atoms with Crippen molar-refractivity contribution in [2.24, 2.45) is 0 Å². The highest BCUT2D eigenvalue weighted by Gasteiger charge is 2.20. The molecule has 0 aromatic heterocycles. The summed E-state index contributed by atoms with van der Waals surface area (Å²) >= 11 is 0. The van der Waals surface area contributed by atoms with E-state index < -0.39 is 12.1 Å². The average molecular weight is 1160 g/mol. The Bertz CT molecular complexity index is 1200. The molecule has 0 fully saturated rings. The van der Waals surface area contributed by atoms with E-state index in [9.17, 15) is 19.8 Å². The molecule has 0 aliphatic rings. The molecule has 82 heavy (non-hydrogen) atoms. The Morgan fingerprint density at radius 2 is 0.500 bits per heavy atom. The molecule has 0 aromatic rings. The van der Waals surface area contributed by atoms with E-state index in [0.717, 1.165) is 38.5 Å². The molecule has 0 aliphatic heterocycles. The summed E-state index contributed by atoms with van der Waals surface area (Å²) in [6, 6.07) is -0.539. The molecule has 0 rings (SSSR count). The number of carbonyl (C=O) groups is 2. The molecule has 3 N–H and O–H groups in total. The van der Waals surface area contributed by atoms with Crippen molar-refractivity contribution in [3.63, 3.8) is 0 Å². The number of hydrogen-bond donors (Lipinski definition) is 3. The van der Waals surface area contributed by atoms with Gasteiger partial charge in [-0.2, -0.15) is 0 Å². The Morgan fingerprint density at radius 1 is 0.293 bits per heavy atom. The van der Waals surface area contributed by atoms with E-state index in [4.69, 9.17) is 4.74 Å². The van der Waals surface area contributed by atoms with Crippen molar-refractivity contribution in [1.29, 1.82) is 0 Å². The van der Waals surface area contributed by atoms with E-state index in [2.05, 4.69) is 19.2 Å². The average Bonchev–Trinajstić information content (AvgIpc) is 3.48. The molecule has 0 saturated carbocycles. The number of unbranched alkanes of at least 4 members (excludes halogenated alkanes) is 62. The molecule has 0 heterocycles. The Morgan fingerprint density at radius 3 is 0.744 bits per heavy atom. The van der Waals surface area contributed by atoms with Gasteiger partial charge in [0.25, 0.3) is 0 Å². The molecule has 2 unspecified atom stereocenters. The SMILES string of the molecule is CCCCCCCCCCCCCCCCCCCCCCCCCCCC(O)C(CO)NC(=O)CCCCCCCCCCCCCCCCCCCCCCCCCCCCCCOC(=O)CCCCCCCCCCCCCC. The maximum atomic E-state index is 12.6. The fourth-order valence-electron chi connectivity index (χ4n) is 12.6. The molecule has 0 spiro atoms. The van der Waals surface area contributed by atoms with Gasteiger partial charge in [-0.25, -0.2) is 0 Å². The minimum atomic E-state index is -0.663. The van der Waals surface area contributed by atoms with Gasteiger partial charge >= 0.3 is 5.97 Å². The fourth-order valence-corrected chi connectivity index (χ4v) is 12.6. The summed E-state index contributed by atoms with van der Waals surface area (Å²) in [6.07, 6.45) is 89.0. The lowest BCUT2D eigenvalue weighted by Gasteiger charge is -2.22. The zero-order valence-electron chi connectivity index (χ0n) is 56.3. The third kappa shape index (κ3) is 68.0. The van der Waals surface area contributed by atoms with Crippen molar-refractivity contribution < 1.29 is 24.5 Å². The molecular formula is C76H151NO5. The zero-order valence-corrected chi connectivity index (χ0v) is 56.3. The van der Waals surface area contributed by atoms with Crippen molar-refractivity contribution in [2.45, 2.75) is 463 Å². The van der Waals surface area contributed by atoms with Crippen molar-refractivity contribution in [2.75, 3.05) is 13.2 Å². The number of amides is 1. The van der Waals surface area contributed by atoms with E-state index >= 15 is 0 Å². The Balaban J connectivity index is 3.34. The van der Waals surface area contributed by atoms with Gasteiger partial charge in [-0.15, -0.1) is 0 Å². The van der Waals surface area contributed by atoms with Gasteiger partial charge in [0.15, 0.2) is 0 Å². The first kappa shape index (κ1) is 80.9. The lowest BCUT2D eigenvalue weighted by Crippen LogP contribution is -2.45. The lowest BCUT2D eigenvalue weighted by molar-refractivity contribution is -0.143. The summed E-state index contributed by atoms with van der Waals surface area (Å²) in [5.41, 5.74) is 0. The van der Waals surface area contributed by atoms with Crippen LogP contribution < -0.4 is 5.32 Å². The molecule has 0 aromatic carbocycles. The number of rotatable bonds is 73. The largest absolute Gasteiger partial charge is 0.466 e. The first-order chi connectivity index (χ1) is 40.5. The number of ether oxygens (including phenoxy) is 1. The maximum absolute atomic E-state index is 12.6. The van der Waals surface area contributed by atoms with E-state index in [1.807, 2.05) is 0 Å². The van der Waals surface area contributed by atoms with E-state index in [-0.39, 0.29) is 18.5 Å². The van der Waals surface area contributed by atoms with Crippen LogP contribution in [0.1, 0.15) is 450 Å². The zero-order chi connectivity index (χ0) is 59.2. The summed E-state index contributed by atoms with van der Waals surface area (Å²) in [5.74, 6) is -0.00425. The van der Waals surface area contributed by atoms with Crippen LogP contribution in [0.5, 0.6) is 0 Å². The van der Waals surface area contributed by atoms with Crippen molar-refractivity contribution in [3.05, 3.63) is 0 Å². The van der Waals surface area contributed by atoms with Crippen LogP contribution in [0.4, 0.5) is 0 Å². The van der Waals surface area contributed by atoms with Gasteiger partial charge in [-0.3, -0.25) is 9.59 Å². The highest BCUT2D eigenvalue weighted by Crippen LogP contribution is 2.20. The molecule has 1 amide bonds. The predicted octanol–water partition coefficient (Wildman–Crippen LogP) is 24.9. The summed E-state index contributed by atoms with van der Waals surface area (Å²) < 4.78 is 5.49. The maximum Gasteiger partial charge on any atom is 0.305 e. The lowest BCUT2D eigenvalue weighted by atomic mass is 10.0. The molecule has 0 bridgehead atoms. The predicted molar refractivity (Wildman–Crippen MR) is 361 cm³/mol. The molecule has 6 heteroatoms. The van der Waals surface area contributed by atoms with Crippen molar-refractivity contribution >= 4 is 11.9 Å². The van der Waals surface area contributed by atoms with E-state index in [1.54, 1.807) is 0 Å². The summed E-state index contributed by atoms with van der Waals surface area (Å²) in [6.45, 7) is 5.01. The number of hydrogen-bond acceptors (Lipinski definition) is 5. The summed E-state index contributed by atoms with van der Waals surface area (Å²) in [7, 11) is 0. The topological polar surface area (TPSA) is 95.9 Å². The number of aliphatic hydroxyl groups is 2. The normalized spacial score (nSPS) is 12.4. The second kappa shape index (κ2) is 72.3. The first-order valence-corrected chi connectivity index (χ1v) is 38.3. The summed E-state index contributed by atoms with van der Waals surface area (Å²) in [4.78, 5) is 24.6. The second-order valence-corrected chi connectivity index (χ2v) is 26.7. The minimum absolute atomic E-state index is 0.0210. The van der Waals surface area contributed by atoms with Crippen molar-refractivity contribution in [1.82, 2.24) is 5.32 Å². The van der Waals surface area contributed by atoms with Crippen molar-refractivity contribution in [3.8, 4) is 0 Å². The molecule has 0 saturated heterocycles. The van der Waals surface area contributed by atoms with Gasteiger partial charge in [-0.1, -0.05) is 412 Å². The van der Waals surface area contributed by atoms with Gasteiger partial charge in [0, 0.05) is 12.8 Å². The van der Waals surface area contributed by atoms with Gasteiger partial charge in [0.2, 0.25) is 5.91 Å². The number of esters is 1. The third-order valence-electron chi connectivity index (χ3n) is 18.4. The molecule has 0 radical (unpaired) electrons. The molecule has 6 nitrogen and oxygen atoms in total. The van der Waals surface area contributed by atoms with Gasteiger partial charge in [-0.05, 0) is 25.7 Å². The van der Waals surface area contributed by atoms with Crippen LogP contribution in [-0.4, -0.2) is 47.4 Å². The highest BCUT2D eigenvalue weighted by molar-refractivity contribution is 5.76. The molecule has 490 valence electrons. The Kier molecular flexibility index (Phi) is 71.3. The molecular weight excluding hydrogens is 1010 g/mol. The Hall–Kier alpha value is -1.14. The van der Waals surface area contributed by atoms with Crippen LogP contribution in [-0.2, 0) is 14.3 Å². The monoisotopic (exact) mass is 1160 g/mol. The van der Waals surface area contributed by atoms with Crippen LogP contribution in [0.15, 0.2) is 0 Å². The second-order valence-electron chi connectivity index (χ2n) is 26.7. The summed E-state index contributed by atoms with van der Waals surface area (Å²) in [5, 5.41) is 23.5. The van der Waals surface area contributed by atoms with Crippen LogP contribution in [0.3, 0.4) is 0 Å². The van der Waals surface area contributed by atoms with Gasteiger partial charge in [0.1, 0.15) is 0 Å². The smallest absolute Gasteiger partial charge is 0.305 e. The van der Waals surface area contributed by atoms with E-state index in [0.29, 0.717) is 25.9 Å². The standard InChI is InChI=1S/C76H151NO5/c1-3-5-7-9-11-13-15-17-18-19-20-21-22-27-30-33-36-39-42-45-48-52-56-60-64-68-74(79)73(72-78)77-75(80)69-65-61-57-53-49-46-43-40-37-34-31-28-25-23-24-26-29-32-35-38-41-44-47-51-55-59-63-67-71-82-76(81)70-66-62-58-54-50-16-14-12-10-8-6-4-2/h73-74,78-79H,3-72H2,1-2H3,(H,77,80). The quantitative estimate of drug-likeness (QED) is 0.0417. The molecule has 0 aliphatic carbocycles. The minimum Gasteiger partial charge on any atom is -0.466 e. The number of nitrogens with one attached hydrogen (secondary N) is 1.